The third-order valence-electron chi connectivity index (χ3n) is 7.40. The number of hydrogen-bond donors (Lipinski definition) is 1. The Morgan fingerprint density at radius 1 is 0.956 bits per heavy atom. The molecule has 1 saturated heterocycles. The normalized spacial score (nSPS) is 16.3. The Labute approximate surface area is 264 Å². The van der Waals surface area contributed by atoms with Gasteiger partial charge in [0.05, 0.1) is 6.10 Å². The molecule has 1 aromatic carbocycles. The Hall–Kier alpha value is -4.22. The third-order valence-corrected chi connectivity index (χ3v) is 7.40. The van der Waals surface area contributed by atoms with Gasteiger partial charge in [-0.1, -0.05) is 30.3 Å². The number of ether oxygens (including phenoxy) is 3. The zero-order valence-corrected chi connectivity index (χ0v) is 26.9. The molecule has 2 heterocycles. The second-order valence-electron chi connectivity index (χ2n) is 12.7. The van der Waals surface area contributed by atoms with Crippen molar-refractivity contribution in [2.24, 2.45) is 0 Å². The standard InChI is InChI=1S/C33H45N5O7/c1-22(2)43-32(42)38-19-17-37(18-20-38)31(41)25(15-16-28(39)45-33(3,4)5)35-30(40)26-21-27(44-24-13-9-10-14-24)36-29(34-26)23-11-7-6-8-12-23/h6-8,11-12,21-22,24-25H,9-10,13-20H2,1-5H3,(H,35,40). The summed E-state index contributed by atoms with van der Waals surface area (Å²) in [6.07, 6.45) is 3.25. The van der Waals surface area contributed by atoms with E-state index >= 15 is 0 Å². The maximum Gasteiger partial charge on any atom is 0.410 e. The van der Waals surface area contributed by atoms with Gasteiger partial charge in [0, 0.05) is 44.2 Å². The van der Waals surface area contributed by atoms with Crippen molar-refractivity contribution in [3.05, 3.63) is 42.1 Å². The second kappa shape index (κ2) is 15.2. The van der Waals surface area contributed by atoms with E-state index in [0.717, 1.165) is 31.2 Å². The van der Waals surface area contributed by atoms with Crippen LogP contribution >= 0.6 is 0 Å². The zero-order valence-electron chi connectivity index (χ0n) is 26.9. The number of benzene rings is 1. The molecule has 2 fully saturated rings. The minimum Gasteiger partial charge on any atom is -0.474 e. The summed E-state index contributed by atoms with van der Waals surface area (Å²) in [6.45, 7) is 9.96. The fraction of sp³-hybridized carbons (Fsp3) is 0.576. The molecule has 0 spiro atoms. The number of aromatic nitrogens is 2. The van der Waals surface area contributed by atoms with Crippen LogP contribution in [0.5, 0.6) is 5.88 Å². The van der Waals surface area contributed by atoms with Gasteiger partial charge in [-0.25, -0.2) is 9.78 Å². The van der Waals surface area contributed by atoms with Crippen molar-refractivity contribution in [2.45, 2.75) is 97.0 Å². The first kappa shape index (κ1) is 33.7. The molecular weight excluding hydrogens is 578 g/mol. The molecule has 2 aliphatic rings. The molecule has 1 aliphatic heterocycles. The smallest absolute Gasteiger partial charge is 0.410 e. The van der Waals surface area contributed by atoms with E-state index < -0.39 is 29.6 Å². The van der Waals surface area contributed by atoms with Gasteiger partial charge < -0.3 is 29.3 Å². The molecule has 1 unspecified atom stereocenters. The summed E-state index contributed by atoms with van der Waals surface area (Å²) in [7, 11) is 0. The number of carbonyl (C=O) groups excluding carboxylic acids is 4. The molecule has 45 heavy (non-hydrogen) atoms. The van der Waals surface area contributed by atoms with Crippen molar-refractivity contribution in [3.8, 4) is 17.3 Å². The molecule has 12 nitrogen and oxygen atoms in total. The van der Waals surface area contributed by atoms with E-state index in [-0.39, 0.29) is 62.8 Å². The molecular formula is C33H45N5O7. The lowest BCUT2D eigenvalue weighted by Crippen LogP contribution is -2.56. The van der Waals surface area contributed by atoms with Crippen molar-refractivity contribution in [3.63, 3.8) is 0 Å². The van der Waals surface area contributed by atoms with Crippen LogP contribution in [0.2, 0.25) is 0 Å². The Kier molecular flexibility index (Phi) is 11.4. The first-order valence-electron chi connectivity index (χ1n) is 15.8. The molecule has 1 atom stereocenters. The van der Waals surface area contributed by atoms with Crippen molar-refractivity contribution >= 4 is 23.9 Å². The minimum atomic E-state index is -1.03. The molecule has 4 rings (SSSR count). The number of esters is 1. The predicted molar refractivity (Wildman–Crippen MR) is 166 cm³/mol. The van der Waals surface area contributed by atoms with E-state index in [1.807, 2.05) is 30.3 Å². The van der Waals surface area contributed by atoms with Crippen molar-refractivity contribution in [2.75, 3.05) is 26.2 Å². The average molecular weight is 624 g/mol. The maximum atomic E-state index is 13.8. The van der Waals surface area contributed by atoms with E-state index in [9.17, 15) is 19.2 Å². The lowest BCUT2D eigenvalue weighted by atomic mass is 10.1. The average Bonchev–Trinajstić information content (AvgIpc) is 3.51. The van der Waals surface area contributed by atoms with Gasteiger partial charge in [0.1, 0.15) is 23.4 Å². The first-order valence-corrected chi connectivity index (χ1v) is 15.8. The SMILES string of the molecule is CC(C)OC(=O)N1CCN(C(=O)C(CCC(=O)OC(C)(C)C)NC(=O)c2cc(OC3CCCC3)nc(-c3ccccc3)n2)CC1. The molecule has 0 radical (unpaired) electrons. The lowest BCUT2D eigenvalue weighted by molar-refractivity contribution is -0.155. The van der Waals surface area contributed by atoms with Gasteiger partial charge in [-0.3, -0.25) is 14.4 Å². The van der Waals surface area contributed by atoms with E-state index in [1.54, 1.807) is 44.4 Å². The largest absolute Gasteiger partial charge is 0.474 e. The van der Waals surface area contributed by atoms with Gasteiger partial charge in [0.15, 0.2) is 5.82 Å². The van der Waals surface area contributed by atoms with E-state index in [2.05, 4.69) is 15.3 Å². The number of rotatable bonds is 10. The second-order valence-corrected chi connectivity index (χ2v) is 12.7. The van der Waals surface area contributed by atoms with Gasteiger partial charge in [0.25, 0.3) is 5.91 Å². The van der Waals surface area contributed by atoms with E-state index in [1.165, 1.54) is 6.07 Å². The number of nitrogens with one attached hydrogen (secondary N) is 1. The van der Waals surface area contributed by atoms with Gasteiger partial charge in [-0.05, 0) is 66.7 Å². The highest BCUT2D eigenvalue weighted by molar-refractivity contribution is 5.96. The fourth-order valence-corrected chi connectivity index (χ4v) is 5.25. The highest BCUT2D eigenvalue weighted by Gasteiger charge is 2.32. The quantitative estimate of drug-likeness (QED) is 0.382. The third kappa shape index (κ3) is 10.2. The van der Waals surface area contributed by atoms with Crippen molar-refractivity contribution in [1.29, 1.82) is 0 Å². The number of piperazine rings is 1. The maximum absolute atomic E-state index is 13.8. The predicted octanol–water partition coefficient (Wildman–Crippen LogP) is 4.37. The molecule has 3 amide bonds. The Bertz CT molecular complexity index is 1330. The number of amides is 3. The van der Waals surface area contributed by atoms with Crippen LogP contribution in [0, 0.1) is 0 Å². The first-order chi connectivity index (χ1) is 21.4. The molecule has 1 N–H and O–H groups in total. The minimum absolute atomic E-state index is 0.0130. The van der Waals surface area contributed by atoms with Gasteiger partial charge in [-0.15, -0.1) is 0 Å². The summed E-state index contributed by atoms with van der Waals surface area (Å²) in [5.74, 6) is -0.799. The van der Waals surface area contributed by atoms with Crippen LogP contribution in [-0.4, -0.2) is 93.7 Å². The summed E-state index contributed by atoms with van der Waals surface area (Å²) in [4.78, 5) is 64.7. The van der Waals surface area contributed by atoms with Crippen LogP contribution in [0.15, 0.2) is 36.4 Å². The Balaban J connectivity index is 1.53. The van der Waals surface area contributed by atoms with Gasteiger partial charge in [-0.2, -0.15) is 4.98 Å². The molecule has 1 saturated carbocycles. The molecule has 0 bridgehead atoms. The van der Waals surface area contributed by atoms with E-state index in [0.29, 0.717) is 11.7 Å². The van der Waals surface area contributed by atoms with Gasteiger partial charge >= 0.3 is 12.1 Å². The van der Waals surface area contributed by atoms with Crippen LogP contribution in [0.4, 0.5) is 4.79 Å². The van der Waals surface area contributed by atoms with Crippen LogP contribution in [0.1, 0.15) is 83.6 Å². The Morgan fingerprint density at radius 2 is 1.60 bits per heavy atom. The summed E-state index contributed by atoms with van der Waals surface area (Å²) in [6, 6.07) is 9.75. The summed E-state index contributed by atoms with van der Waals surface area (Å²) >= 11 is 0. The zero-order chi connectivity index (χ0) is 32.6. The highest BCUT2D eigenvalue weighted by atomic mass is 16.6. The molecule has 12 heteroatoms. The fourth-order valence-electron chi connectivity index (χ4n) is 5.25. The van der Waals surface area contributed by atoms with Crippen LogP contribution in [-0.2, 0) is 19.1 Å². The number of nitrogens with zero attached hydrogens (tertiary/aromatic N) is 4. The topological polar surface area (TPSA) is 140 Å². The van der Waals surface area contributed by atoms with Crippen molar-refractivity contribution < 1.29 is 33.4 Å². The lowest BCUT2D eigenvalue weighted by Gasteiger charge is -2.36. The van der Waals surface area contributed by atoms with Crippen molar-refractivity contribution in [1.82, 2.24) is 25.1 Å². The van der Waals surface area contributed by atoms with Crippen LogP contribution in [0.3, 0.4) is 0 Å². The molecule has 2 aromatic rings. The molecule has 1 aliphatic carbocycles. The summed E-state index contributed by atoms with van der Waals surface area (Å²) in [5.41, 5.74) is 0.0775. The van der Waals surface area contributed by atoms with E-state index in [4.69, 9.17) is 14.2 Å². The van der Waals surface area contributed by atoms with Crippen LogP contribution in [0.25, 0.3) is 11.4 Å². The Morgan fingerprint density at radius 3 is 2.22 bits per heavy atom. The molecule has 1 aromatic heterocycles. The summed E-state index contributed by atoms with van der Waals surface area (Å²) < 4.78 is 16.9. The monoisotopic (exact) mass is 623 g/mol. The van der Waals surface area contributed by atoms with Crippen LogP contribution < -0.4 is 10.1 Å². The summed E-state index contributed by atoms with van der Waals surface area (Å²) in [5, 5.41) is 2.82. The molecule has 244 valence electrons. The highest BCUT2D eigenvalue weighted by Crippen LogP contribution is 2.25. The number of carbonyl (C=O) groups is 4. The van der Waals surface area contributed by atoms with Gasteiger partial charge in [0.2, 0.25) is 11.8 Å². The number of hydrogen-bond acceptors (Lipinski definition) is 9.